The molecule has 0 aliphatic rings. The molecule has 110 valence electrons. The SMILES string of the molecule is CCCOC(=N[C@@H](C)CC)NC(=O)c1cccc(F)c1. The van der Waals surface area contributed by atoms with Crippen LogP contribution < -0.4 is 5.32 Å². The molecule has 4 nitrogen and oxygen atoms in total. The molecule has 0 spiro atoms. The van der Waals surface area contributed by atoms with E-state index in [9.17, 15) is 9.18 Å². The number of carbonyl (C=O) groups excluding carboxylic acids is 1. The van der Waals surface area contributed by atoms with Crippen molar-refractivity contribution in [3.63, 3.8) is 0 Å². The molecule has 0 radical (unpaired) electrons. The van der Waals surface area contributed by atoms with Crippen LogP contribution in [0.2, 0.25) is 0 Å². The van der Waals surface area contributed by atoms with Crippen LogP contribution in [-0.2, 0) is 4.74 Å². The van der Waals surface area contributed by atoms with Crippen LogP contribution in [0.3, 0.4) is 0 Å². The molecular weight excluding hydrogens is 259 g/mol. The van der Waals surface area contributed by atoms with Crippen molar-refractivity contribution in [1.29, 1.82) is 0 Å². The Kier molecular flexibility index (Phi) is 6.70. The van der Waals surface area contributed by atoms with Crippen molar-refractivity contribution in [2.24, 2.45) is 4.99 Å². The lowest BCUT2D eigenvalue weighted by Crippen LogP contribution is -2.33. The summed E-state index contributed by atoms with van der Waals surface area (Å²) in [4.78, 5) is 16.3. The average molecular weight is 280 g/mol. The summed E-state index contributed by atoms with van der Waals surface area (Å²) in [5.41, 5.74) is 0.238. The second kappa shape index (κ2) is 8.30. The van der Waals surface area contributed by atoms with E-state index >= 15 is 0 Å². The lowest BCUT2D eigenvalue weighted by Gasteiger charge is -2.12. The van der Waals surface area contributed by atoms with E-state index in [1.54, 1.807) is 6.07 Å². The van der Waals surface area contributed by atoms with Crippen molar-refractivity contribution < 1.29 is 13.9 Å². The quantitative estimate of drug-likeness (QED) is 0.665. The van der Waals surface area contributed by atoms with Gasteiger partial charge in [-0.15, -0.1) is 0 Å². The Morgan fingerprint density at radius 3 is 2.80 bits per heavy atom. The van der Waals surface area contributed by atoms with E-state index in [-0.39, 0.29) is 17.6 Å². The Morgan fingerprint density at radius 1 is 1.45 bits per heavy atom. The minimum atomic E-state index is -0.451. The third kappa shape index (κ3) is 5.38. The molecular formula is C15H21FN2O2. The maximum absolute atomic E-state index is 13.1. The highest BCUT2D eigenvalue weighted by Gasteiger charge is 2.11. The van der Waals surface area contributed by atoms with Crippen LogP contribution in [0.5, 0.6) is 0 Å². The molecule has 0 aromatic heterocycles. The zero-order valence-corrected chi connectivity index (χ0v) is 12.1. The van der Waals surface area contributed by atoms with Gasteiger partial charge in [0.25, 0.3) is 11.9 Å². The number of nitrogens with zero attached hydrogens (tertiary/aromatic N) is 1. The topological polar surface area (TPSA) is 50.7 Å². The zero-order valence-electron chi connectivity index (χ0n) is 12.1. The van der Waals surface area contributed by atoms with Crippen LogP contribution in [0, 0.1) is 5.82 Å². The van der Waals surface area contributed by atoms with Gasteiger partial charge in [-0.05, 0) is 38.0 Å². The second-order valence-corrected chi connectivity index (χ2v) is 4.50. The first-order chi connectivity index (χ1) is 9.56. The minimum Gasteiger partial charge on any atom is -0.465 e. The summed E-state index contributed by atoms with van der Waals surface area (Å²) in [7, 11) is 0. The van der Waals surface area contributed by atoms with Gasteiger partial charge in [0.05, 0.1) is 12.6 Å². The van der Waals surface area contributed by atoms with Gasteiger partial charge >= 0.3 is 0 Å². The lowest BCUT2D eigenvalue weighted by molar-refractivity contribution is 0.0964. The number of amides is 1. The van der Waals surface area contributed by atoms with Crippen LogP contribution in [0.4, 0.5) is 4.39 Å². The Morgan fingerprint density at radius 2 is 2.20 bits per heavy atom. The van der Waals surface area contributed by atoms with Crippen molar-refractivity contribution in [3.8, 4) is 0 Å². The predicted molar refractivity (Wildman–Crippen MR) is 77.3 cm³/mol. The maximum atomic E-state index is 13.1. The summed E-state index contributed by atoms with van der Waals surface area (Å²) in [6, 6.07) is 5.74. The smallest absolute Gasteiger partial charge is 0.291 e. The molecule has 1 atom stereocenters. The molecule has 5 heteroatoms. The summed E-state index contributed by atoms with van der Waals surface area (Å²) in [5, 5.41) is 2.58. The van der Waals surface area contributed by atoms with E-state index in [4.69, 9.17) is 4.74 Å². The van der Waals surface area contributed by atoms with Crippen molar-refractivity contribution in [3.05, 3.63) is 35.6 Å². The van der Waals surface area contributed by atoms with Crippen molar-refractivity contribution >= 4 is 11.9 Å². The highest BCUT2D eigenvalue weighted by molar-refractivity contribution is 6.04. The van der Waals surface area contributed by atoms with E-state index in [0.29, 0.717) is 6.61 Å². The van der Waals surface area contributed by atoms with Crippen molar-refractivity contribution in [2.75, 3.05) is 6.61 Å². The van der Waals surface area contributed by atoms with E-state index in [2.05, 4.69) is 10.3 Å². The molecule has 0 unspecified atom stereocenters. The molecule has 1 rings (SSSR count). The molecule has 1 N–H and O–H groups in total. The number of benzene rings is 1. The third-order valence-corrected chi connectivity index (χ3v) is 2.68. The van der Waals surface area contributed by atoms with Crippen LogP contribution in [0.15, 0.2) is 29.3 Å². The number of carbonyl (C=O) groups is 1. The summed E-state index contributed by atoms with van der Waals surface area (Å²) < 4.78 is 18.5. The first kappa shape index (κ1) is 16.1. The highest BCUT2D eigenvalue weighted by atomic mass is 19.1. The van der Waals surface area contributed by atoms with Crippen molar-refractivity contribution in [2.45, 2.75) is 39.7 Å². The third-order valence-electron chi connectivity index (χ3n) is 2.68. The van der Waals surface area contributed by atoms with E-state index in [0.717, 1.165) is 12.8 Å². The lowest BCUT2D eigenvalue weighted by atomic mass is 10.2. The van der Waals surface area contributed by atoms with Gasteiger partial charge in [0.15, 0.2) is 0 Å². The van der Waals surface area contributed by atoms with Crippen LogP contribution >= 0.6 is 0 Å². The summed E-state index contributed by atoms with van der Waals surface area (Å²) in [6.07, 6.45) is 1.66. The normalized spacial score (nSPS) is 12.9. The van der Waals surface area contributed by atoms with Gasteiger partial charge in [0.1, 0.15) is 5.82 Å². The summed E-state index contributed by atoms with van der Waals surface area (Å²) >= 11 is 0. The molecule has 20 heavy (non-hydrogen) atoms. The van der Waals surface area contributed by atoms with Crippen LogP contribution in [-0.4, -0.2) is 24.6 Å². The average Bonchev–Trinajstić information content (AvgIpc) is 2.44. The number of amidine groups is 1. The molecule has 0 fully saturated rings. The number of halogens is 1. The largest absolute Gasteiger partial charge is 0.465 e. The molecule has 0 heterocycles. The number of nitrogens with one attached hydrogen (secondary N) is 1. The highest BCUT2D eigenvalue weighted by Crippen LogP contribution is 2.04. The Bertz CT molecular complexity index is 475. The molecule has 1 amide bonds. The number of hydrogen-bond acceptors (Lipinski definition) is 3. The second-order valence-electron chi connectivity index (χ2n) is 4.50. The molecule has 1 aromatic carbocycles. The number of hydrogen-bond donors (Lipinski definition) is 1. The van der Waals surface area contributed by atoms with E-state index in [1.165, 1.54) is 18.2 Å². The van der Waals surface area contributed by atoms with Gasteiger partial charge in [-0.2, -0.15) is 0 Å². The minimum absolute atomic E-state index is 0.0506. The number of aliphatic imine (C=N–C) groups is 1. The molecule has 0 aliphatic heterocycles. The predicted octanol–water partition coefficient (Wildman–Crippen LogP) is 3.14. The van der Waals surface area contributed by atoms with Gasteiger partial charge < -0.3 is 4.74 Å². The van der Waals surface area contributed by atoms with Crippen molar-refractivity contribution in [1.82, 2.24) is 5.32 Å². The molecule has 0 saturated carbocycles. The standard InChI is InChI=1S/C15H21FN2O2/c1-4-9-20-15(17-11(3)5-2)18-14(19)12-7-6-8-13(16)10-12/h6-8,10-11H,4-5,9H2,1-3H3,(H,17,18,19)/t11-/m0/s1. The van der Waals surface area contributed by atoms with Gasteiger partial charge in [-0.3, -0.25) is 10.1 Å². The van der Waals surface area contributed by atoms with Crippen LogP contribution in [0.25, 0.3) is 0 Å². The summed E-state index contributed by atoms with van der Waals surface area (Å²) in [5.74, 6) is -0.879. The fourth-order valence-electron chi connectivity index (χ4n) is 1.39. The molecule has 0 saturated heterocycles. The molecule has 0 aliphatic carbocycles. The number of rotatable bonds is 5. The Labute approximate surface area is 119 Å². The van der Waals surface area contributed by atoms with Gasteiger partial charge in [0.2, 0.25) is 0 Å². The Balaban J connectivity index is 2.78. The monoisotopic (exact) mass is 280 g/mol. The van der Waals surface area contributed by atoms with Gasteiger partial charge in [-0.25, -0.2) is 9.38 Å². The van der Waals surface area contributed by atoms with E-state index in [1.807, 2.05) is 20.8 Å². The van der Waals surface area contributed by atoms with E-state index < -0.39 is 11.7 Å². The fourth-order valence-corrected chi connectivity index (χ4v) is 1.39. The van der Waals surface area contributed by atoms with Gasteiger partial charge in [0, 0.05) is 5.56 Å². The summed E-state index contributed by atoms with van der Waals surface area (Å²) in [6.45, 7) is 6.37. The Hall–Kier alpha value is -1.91. The molecule has 0 bridgehead atoms. The first-order valence-corrected chi connectivity index (χ1v) is 6.84. The number of ether oxygens (including phenoxy) is 1. The zero-order chi connectivity index (χ0) is 15.0. The first-order valence-electron chi connectivity index (χ1n) is 6.84. The van der Waals surface area contributed by atoms with Gasteiger partial charge in [-0.1, -0.05) is 19.9 Å². The fraction of sp³-hybridized carbons (Fsp3) is 0.467. The van der Waals surface area contributed by atoms with Crippen LogP contribution in [0.1, 0.15) is 44.0 Å². The maximum Gasteiger partial charge on any atom is 0.291 e. The molecule has 1 aromatic rings.